The Bertz CT molecular complexity index is 1340. The normalized spacial score (nSPS) is 16.8. The van der Waals surface area contributed by atoms with E-state index in [1.54, 1.807) is 54.6 Å². The monoisotopic (exact) mass is 511 g/mol. The lowest BCUT2D eigenvalue weighted by Gasteiger charge is -2.18. The van der Waals surface area contributed by atoms with Gasteiger partial charge in [0.05, 0.1) is 21.0 Å². The molecule has 5 nitrogen and oxygen atoms in total. The van der Waals surface area contributed by atoms with Crippen LogP contribution in [0.4, 0.5) is 15.8 Å². The van der Waals surface area contributed by atoms with Crippen LogP contribution in [0, 0.1) is 17.1 Å². The molecule has 4 rings (SSSR count). The molecule has 1 atom stereocenters. The number of carbonyl (C=O) groups is 2. The molecule has 0 saturated carbocycles. The van der Waals surface area contributed by atoms with Gasteiger partial charge < -0.3 is 5.32 Å². The summed E-state index contributed by atoms with van der Waals surface area (Å²) in [6.45, 7) is 0. The number of hydrogen-bond donors (Lipinski definition) is 1. The quantitative estimate of drug-likeness (QED) is 0.327. The van der Waals surface area contributed by atoms with Gasteiger partial charge in [0.15, 0.2) is 0 Å². The average molecular weight is 512 g/mol. The first-order chi connectivity index (χ1) is 16.4. The number of halogens is 3. The van der Waals surface area contributed by atoms with Crippen LogP contribution in [-0.2, 0) is 16.0 Å². The third kappa shape index (κ3) is 4.80. The van der Waals surface area contributed by atoms with Crippen molar-refractivity contribution < 1.29 is 14.0 Å². The van der Waals surface area contributed by atoms with Gasteiger partial charge in [0.2, 0.25) is 5.91 Å². The zero-order chi connectivity index (χ0) is 24.2. The highest BCUT2D eigenvalue weighted by Gasteiger charge is 2.41. The Morgan fingerprint density at radius 2 is 1.76 bits per heavy atom. The van der Waals surface area contributed by atoms with Crippen LogP contribution in [-0.4, -0.2) is 17.1 Å². The number of rotatable bonds is 5. The minimum Gasteiger partial charge on any atom is -0.319 e. The highest BCUT2D eigenvalue weighted by molar-refractivity contribution is 8.05. The van der Waals surface area contributed by atoms with Crippen LogP contribution < -0.4 is 10.2 Å². The summed E-state index contributed by atoms with van der Waals surface area (Å²) in [6.07, 6.45) is 0.239. The van der Waals surface area contributed by atoms with Crippen molar-refractivity contribution in [1.29, 1.82) is 5.26 Å². The van der Waals surface area contributed by atoms with Crippen molar-refractivity contribution in [2.75, 3.05) is 10.2 Å². The topological polar surface area (TPSA) is 73.2 Å². The number of anilines is 2. The zero-order valence-electron chi connectivity index (χ0n) is 17.5. The first-order valence-electron chi connectivity index (χ1n) is 10.1. The van der Waals surface area contributed by atoms with Crippen LogP contribution in [0.1, 0.15) is 5.56 Å². The minimum absolute atomic E-state index is 0.0660. The Hall–Kier alpha value is -3.31. The van der Waals surface area contributed by atoms with Crippen molar-refractivity contribution in [3.05, 3.63) is 105 Å². The molecule has 0 bridgehead atoms. The van der Waals surface area contributed by atoms with Crippen LogP contribution >= 0.6 is 35.0 Å². The van der Waals surface area contributed by atoms with Gasteiger partial charge in [-0.25, -0.2) is 4.39 Å². The van der Waals surface area contributed by atoms with Crippen molar-refractivity contribution in [1.82, 2.24) is 0 Å². The fourth-order valence-corrected chi connectivity index (χ4v) is 5.15. The van der Waals surface area contributed by atoms with E-state index >= 15 is 0 Å². The van der Waals surface area contributed by atoms with Gasteiger partial charge in [-0.1, -0.05) is 77.4 Å². The van der Waals surface area contributed by atoms with Crippen molar-refractivity contribution in [2.24, 2.45) is 0 Å². The number of thioether (sulfide) groups is 1. The number of amides is 2. The highest BCUT2D eigenvalue weighted by atomic mass is 35.5. The Morgan fingerprint density at radius 1 is 1.06 bits per heavy atom. The second-order valence-corrected chi connectivity index (χ2v) is 9.24. The predicted molar refractivity (Wildman–Crippen MR) is 133 cm³/mol. The summed E-state index contributed by atoms with van der Waals surface area (Å²) in [7, 11) is 0. The maximum absolute atomic E-state index is 14.1. The molecular weight excluding hydrogens is 496 g/mol. The van der Waals surface area contributed by atoms with Crippen molar-refractivity contribution >= 4 is 58.2 Å². The van der Waals surface area contributed by atoms with Gasteiger partial charge in [-0.15, -0.1) is 0 Å². The highest BCUT2D eigenvalue weighted by Crippen LogP contribution is 2.43. The number of nitriles is 1. The summed E-state index contributed by atoms with van der Waals surface area (Å²) in [6, 6.07) is 21.4. The molecule has 1 aliphatic heterocycles. The van der Waals surface area contributed by atoms with E-state index in [0.29, 0.717) is 21.3 Å². The third-order valence-corrected chi connectivity index (χ3v) is 7.20. The Labute approximate surface area is 209 Å². The van der Waals surface area contributed by atoms with E-state index in [0.717, 1.165) is 11.8 Å². The number of nitrogens with zero attached hydrogens (tertiary/aromatic N) is 2. The van der Waals surface area contributed by atoms with Gasteiger partial charge in [0, 0.05) is 5.69 Å². The fourth-order valence-electron chi connectivity index (χ4n) is 3.45. The average Bonchev–Trinajstić information content (AvgIpc) is 3.15. The van der Waals surface area contributed by atoms with Gasteiger partial charge in [0.1, 0.15) is 22.5 Å². The maximum Gasteiger partial charge on any atom is 0.269 e. The first-order valence-corrected chi connectivity index (χ1v) is 11.7. The molecule has 1 saturated heterocycles. The summed E-state index contributed by atoms with van der Waals surface area (Å²) in [5.74, 6) is -1.76. The molecule has 0 aliphatic carbocycles. The van der Waals surface area contributed by atoms with Crippen molar-refractivity contribution in [2.45, 2.75) is 11.7 Å². The van der Waals surface area contributed by atoms with Crippen LogP contribution in [0.15, 0.2) is 83.4 Å². The molecule has 0 spiro atoms. The Morgan fingerprint density at radius 3 is 2.47 bits per heavy atom. The van der Waals surface area contributed by atoms with E-state index in [-0.39, 0.29) is 28.6 Å². The maximum atomic E-state index is 14.1. The van der Waals surface area contributed by atoms with Crippen molar-refractivity contribution in [3.63, 3.8) is 0 Å². The molecule has 1 N–H and O–H groups in total. The molecule has 1 aliphatic rings. The van der Waals surface area contributed by atoms with E-state index in [1.807, 2.05) is 6.07 Å². The van der Waals surface area contributed by atoms with Gasteiger partial charge in [-0.3, -0.25) is 14.5 Å². The second-order valence-electron chi connectivity index (χ2n) is 7.26. The summed E-state index contributed by atoms with van der Waals surface area (Å²) in [5.41, 5.74) is 0.804. The van der Waals surface area contributed by atoms with Crippen LogP contribution in [0.2, 0.25) is 10.0 Å². The summed E-state index contributed by atoms with van der Waals surface area (Å²) < 4.78 is 14.1. The van der Waals surface area contributed by atoms with Gasteiger partial charge in [-0.2, -0.15) is 5.26 Å². The molecule has 0 radical (unpaired) electrons. The smallest absolute Gasteiger partial charge is 0.269 e. The van der Waals surface area contributed by atoms with Crippen LogP contribution in [0.3, 0.4) is 0 Å². The summed E-state index contributed by atoms with van der Waals surface area (Å²) in [4.78, 5) is 27.8. The number of hydrogen-bond acceptors (Lipinski definition) is 4. The lowest BCUT2D eigenvalue weighted by atomic mass is 10.1. The molecule has 1 heterocycles. The SMILES string of the molecule is N#C/C(C(=O)Nc1ccccc1F)=C1/S[C@@H](Cc2cccc(Cl)c2Cl)C(=O)N1c1ccccc1. The number of nitrogens with one attached hydrogen (secondary N) is 1. The molecule has 9 heteroatoms. The van der Waals surface area contributed by atoms with Gasteiger partial charge in [0.25, 0.3) is 5.91 Å². The Kier molecular flexibility index (Phi) is 7.23. The Balaban J connectivity index is 1.74. The van der Waals surface area contributed by atoms with E-state index in [1.165, 1.54) is 23.1 Å². The lowest BCUT2D eigenvalue weighted by molar-refractivity contribution is -0.117. The zero-order valence-corrected chi connectivity index (χ0v) is 19.8. The number of benzene rings is 3. The van der Waals surface area contributed by atoms with Gasteiger partial charge in [-0.05, 0) is 42.3 Å². The lowest BCUT2D eigenvalue weighted by Crippen LogP contribution is -2.31. The fraction of sp³-hybridized carbons (Fsp3) is 0.0800. The molecule has 34 heavy (non-hydrogen) atoms. The van der Waals surface area contributed by atoms with Crippen molar-refractivity contribution in [3.8, 4) is 6.07 Å². The molecule has 3 aromatic carbocycles. The molecule has 1 fully saturated rings. The van der Waals surface area contributed by atoms with E-state index in [9.17, 15) is 19.2 Å². The molecule has 2 amide bonds. The standard InChI is InChI=1S/C25H16Cl2FN3O2S/c26-18-10-6-7-15(22(18)27)13-21-24(33)31(16-8-2-1-3-9-16)25(34-21)17(14-29)23(32)30-20-12-5-4-11-19(20)28/h1-12,21H,13H2,(H,30,32)/b25-17-/t21-/m0/s1. The van der Waals surface area contributed by atoms with E-state index < -0.39 is 17.0 Å². The third-order valence-electron chi connectivity index (χ3n) is 5.08. The minimum atomic E-state index is -0.815. The van der Waals surface area contributed by atoms with E-state index in [2.05, 4.69) is 5.32 Å². The molecule has 170 valence electrons. The van der Waals surface area contributed by atoms with Crippen LogP contribution in [0.5, 0.6) is 0 Å². The number of carbonyl (C=O) groups excluding carboxylic acids is 2. The summed E-state index contributed by atoms with van der Waals surface area (Å²) in [5, 5.41) is 12.5. The van der Waals surface area contributed by atoms with Gasteiger partial charge >= 0.3 is 0 Å². The molecule has 3 aromatic rings. The molecule has 0 unspecified atom stereocenters. The number of para-hydroxylation sites is 2. The predicted octanol–water partition coefficient (Wildman–Crippen LogP) is 6.20. The molecular formula is C25H16Cl2FN3O2S. The first kappa shape index (κ1) is 23.8. The molecule has 0 aromatic heterocycles. The van der Waals surface area contributed by atoms with E-state index in [4.69, 9.17) is 23.2 Å². The second kappa shape index (κ2) is 10.3. The summed E-state index contributed by atoms with van der Waals surface area (Å²) >= 11 is 13.5. The largest absolute Gasteiger partial charge is 0.319 e. The van der Waals surface area contributed by atoms with Crippen LogP contribution in [0.25, 0.3) is 0 Å².